The molecule has 1 unspecified atom stereocenters. The lowest BCUT2D eigenvalue weighted by molar-refractivity contribution is -0.132. The number of carbonyl (C=O) groups excluding carboxylic acids is 2. The Labute approximate surface area is 198 Å². The zero-order valence-electron chi connectivity index (χ0n) is 20.9. The molecule has 6 N–H and O–H groups in total. The molecule has 0 saturated carbocycles. The average Bonchev–Trinajstić information content (AvgIpc) is 3.43. The highest BCUT2D eigenvalue weighted by atomic mass is 16.3. The van der Waals surface area contributed by atoms with Crippen LogP contribution in [0, 0.1) is 5.41 Å². The van der Waals surface area contributed by atoms with E-state index in [1.165, 1.54) is 0 Å². The Bertz CT molecular complexity index is 799. The van der Waals surface area contributed by atoms with Gasteiger partial charge in [0.2, 0.25) is 12.3 Å². The Hall–Kier alpha value is -2.75. The summed E-state index contributed by atoms with van der Waals surface area (Å²) in [6.45, 7) is 12.0. The number of β-amino-alcohol motifs (C(OH)–C–C–N with tert-alkyl or cyclic N) is 1. The van der Waals surface area contributed by atoms with Crippen LogP contribution in [0.5, 0.6) is 0 Å². The SMILES string of the molecule is CC.CC(C)(C)CC(=O)N1CCC(O)C1.Cn1nccc1-c1ccc(CNC=O)cc1.NN. The predicted octanol–water partition coefficient (Wildman–Crippen LogP) is 2.19. The number of nitrogens with two attached hydrogens (primary N) is 2. The number of nitrogens with one attached hydrogen (secondary N) is 1. The van der Waals surface area contributed by atoms with Crippen LogP contribution < -0.4 is 17.0 Å². The number of hydrogen-bond acceptors (Lipinski definition) is 6. The number of rotatable bonds is 5. The molecule has 9 heteroatoms. The van der Waals surface area contributed by atoms with Crippen molar-refractivity contribution in [2.45, 2.75) is 60.1 Å². The van der Waals surface area contributed by atoms with Crippen LogP contribution in [0.15, 0.2) is 36.5 Å². The molecule has 2 aromatic rings. The van der Waals surface area contributed by atoms with Crippen LogP contribution >= 0.6 is 0 Å². The van der Waals surface area contributed by atoms with Crippen LogP contribution in [0.2, 0.25) is 0 Å². The minimum Gasteiger partial charge on any atom is -0.391 e. The molecule has 1 atom stereocenters. The van der Waals surface area contributed by atoms with E-state index in [-0.39, 0.29) is 17.4 Å². The Morgan fingerprint density at radius 3 is 2.24 bits per heavy atom. The molecule has 3 rings (SSSR count). The monoisotopic (exact) mass is 462 g/mol. The number of carbonyl (C=O) groups is 2. The first-order chi connectivity index (χ1) is 15.7. The standard InChI is InChI=1S/C12H13N3O.C10H19NO2.C2H6.H4N2/c1-15-12(6-7-14-15)11-4-2-10(3-5-11)8-13-9-16;1-10(2,3)6-9(13)11-5-4-8(12)7-11;2*1-2/h2-7,9H,8H2,1H3,(H,13,16);8,12H,4-7H2,1-3H3;1-2H3;1-2H2. The quantitative estimate of drug-likeness (QED) is 0.305. The van der Waals surface area contributed by atoms with Crippen molar-refractivity contribution in [1.29, 1.82) is 0 Å². The van der Waals surface area contributed by atoms with Gasteiger partial charge in [0.05, 0.1) is 11.8 Å². The topological polar surface area (TPSA) is 140 Å². The second-order valence-corrected chi connectivity index (χ2v) is 8.56. The van der Waals surface area contributed by atoms with Crippen LogP contribution in [0.25, 0.3) is 11.3 Å². The van der Waals surface area contributed by atoms with E-state index >= 15 is 0 Å². The van der Waals surface area contributed by atoms with Crippen molar-refractivity contribution >= 4 is 12.3 Å². The third-order valence-electron chi connectivity index (χ3n) is 4.66. The Kier molecular flexibility index (Phi) is 14.6. The number of aryl methyl sites for hydroxylation is 1. The van der Waals surface area contributed by atoms with E-state index in [0.717, 1.165) is 29.8 Å². The Morgan fingerprint density at radius 1 is 1.21 bits per heavy atom. The van der Waals surface area contributed by atoms with Crippen molar-refractivity contribution in [2.75, 3.05) is 13.1 Å². The Morgan fingerprint density at radius 2 is 1.82 bits per heavy atom. The van der Waals surface area contributed by atoms with Crippen molar-refractivity contribution in [1.82, 2.24) is 20.0 Å². The zero-order chi connectivity index (χ0) is 25.4. The molecule has 0 radical (unpaired) electrons. The normalized spacial score (nSPS) is 14.6. The minimum absolute atomic E-state index is 0.0463. The van der Waals surface area contributed by atoms with Gasteiger partial charge < -0.3 is 15.3 Å². The summed E-state index contributed by atoms with van der Waals surface area (Å²) < 4.78 is 1.83. The van der Waals surface area contributed by atoms with E-state index in [0.29, 0.717) is 25.9 Å². The number of benzene rings is 1. The Balaban J connectivity index is 0.000000549. The van der Waals surface area contributed by atoms with Gasteiger partial charge in [-0.25, -0.2) is 0 Å². The molecule has 186 valence electrons. The molecule has 9 nitrogen and oxygen atoms in total. The highest BCUT2D eigenvalue weighted by Crippen LogP contribution is 2.21. The second-order valence-electron chi connectivity index (χ2n) is 8.56. The second kappa shape index (κ2) is 16.0. The van der Waals surface area contributed by atoms with Crippen molar-refractivity contribution in [2.24, 2.45) is 24.1 Å². The summed E-state index contributed by atoms with van der Waals surface area (Å²) in [5.74, 6) is 8.17. The van der Waals surface area contributed by atoms with Crippen molar-refractivity contribution < 1.29 is 14.7 Å². The van der Waals surface area contributed by atoms with Gasteiger partial charge in [-0.1, -0.05) is 58.9 Å². The summed E-state index contributed by atoms with van der Waals surface area (Å²) in [6, 6.07) is 10.0. The van der Waals surface area contributed by atoms with E-state index in [4.69, 9.17) is 0 Å². The summed E-state index contributed by atoms with van der Waals surface area (Å²) in [6.07, 6.45) is 3.48. The van der Waals surface area contributed by atoms with E-state index in [1.807, 2.05) is 55.9 Å². The van der Waals surface area contributed by atoms with Crippen molar-refractivity contribution in [3.05, 3.63) is 42.1 Å². The van der Waals surface area contributed by atoms with Gasteiger partial charge in [0.25, 0.3) is 0 Å². The maximum absolute atomic E-state index is 11.6. The van der Waals surface area contributed by atoms with Gasteiger partial charge >= 0.3 is 0 Å². The number of hydrazine groups is 1. The van der Waals surface area contributed by atoms with Crippen LogP contribution in [-0.4, -0.2) is 51.3 Å². The van der Waals surface area contributed by atoms with Crippen molar-refractivity contribution in [3.63, 3.8) is 0 Å². The fourth-order valence-electron chi connectivity index (χ4n) is 3.14. The fourth-order valence-corrected chi connectivity index (χ4v) is 3.14. The molecular weight excluding hydrogens is 420 g/mol. The number of aliphatic hydroxyl groups is 1. The number of hydrogen-bond donors (Lipinski definition) is 4. The van der Waals surface area contributed by atoms with E-state index in [2.05, 4.69) is 42.9 Å². The predicted molar refractivity (Wildman–Crippen MR) is 133 cm³/mol. The molecule has 1 aliphatic rings. The minimum atomic E-state index is -0.302. The third kappa shape index (κ3) is 11.6. The fraction of sp³-hybridized carbons (Fsp3) is 0.542. The maximum atomic E-state index is 11.6. The summed E-state index contributed by atoms with van der Waals surface area (Å²) in [7, 11) is 1.91. The third-order valence-corrected chi connectivity index (χ3v) is 4.66. The van der Waals surface area contributed by atoms with Gasteiger partial charge in [-0.05, 0) is 29.0 Å². The summed E-state index contributed by atoms with van der Waals surface area (Å²) in [5, 5.41) is 16.0. The van der Waals surface area contributed by atoms with Crippen molar-refractivity contribution in [3.8, 4) is 11.3 Å². The maximum Gasteiger partial charge on any atom is 0.223 e. The largest absolute Gasteiger partial charge is 0.391 e. The summed E-state index contributed by atoms with van der Waals surface area (Å²) in [5.41, 5.74) is 3.33. The average molecular weight is 463 g/mol. The number of amides is 2. The number of likely N-dealkylation sites (tertiary alicyclic amines) is 1. The molecule has 1 fully saturated rings. The van der Waals surface area contributed by atoms with Crippen LogP contribution in [-0.2, 0) is 23.2 Å². The number of aliphatic hydroxyl groups excluding tert-OH is 1. The van der Waals surface area contributed by atoms with Crippen LogP contribution in [0.4, 0.5) is 0 Å². The molecule has 1 aromatic carbocycles. The molecular formula is C24H42N6O3. The van der Waals surface area contributed by atoms with Gasteiger partial charge in [-0.3, -0.25) is 26.0 Å². The van der Waals surface area contributed by atoms with E-state index in [1.54, 1.807) is 11.1 Å². The first-order valence-electron chi connectivity index (χ1n) is 11.2. The lowest BCUT2D eigenvalue weighted by Gasteiger charge is -2.22. The number of aromatic nitrogens is 2. The highest BCUT2D eigenvalue weighted by Gasteiger charge is 2.27. The molecule has 0 aliphatic carbocycles. The number of nitrogens with zero attached hydrogens (tertiary/aromatic N) is 3. The molecule has 0 spiro atoms. The summed E-state index contributed by atoms with van der Waals surface area (Å²) in [4.78, 5) is 23.5. The molecule has 2 amide bonds. The molecule has 1 aromatic heterocycles. The van der Waals surface area contributed by atoms with Gasteiger partial charge in [-0.2, -0.15) is 5.10 Å². The lowest BCUT2D eigenvalue weighted by atomic mass is 9.92. The first kappa shape index (κ1) is 30.2. The van der Waals surface area contributed by atoms with Gasteiger partial charge in [0.1, 0.15) is 0 Å². The summed E-state index contributed by atoms with van der Waals surface area (Å²) >= 11 is 0. The smallest absolute Gasteiger partial charge is 0.223 e. The molecule has 33 heavy (non-hydrogen) atoms. The van der Waals surface area contributed by atoms with Crippen LogP contribution in [0.3, 0.4) is 0 Å². The van der Waals surface area contributed by atoms with Gasteiger partial charge in [0, 0.05) is 39.3 Å². The van der Waals surface area contributed by atoms with E-state index in [9.17, 15) is 14.7 Å². The van der Waals surface area contributed by atoms with Gasteiger partial charge in [-0.15, -0.1) is 0 Å². The molecule has 0 bridgehead atoms. The highest BCUT2D eigenvalue weighted by molar-refractivity contribution is 5.77. The molecule has 1 aliphatic heterocycles. The van der Waals surface area contributed by atoms with Gasteiger partial charge in [0.15, 0.2) is 0 Å². The molecule has 1 saturated heterocycles. The first-order valence-corrected chi connectivity index (χ1v) is 11.2. The van der Waals surface area contributed by atoms with E-state index < -0.39 is 0 Å². The molecule has 2 heterocycles. The lowest BCUT2D eigenvalue weighted by Crippen LogP contribution is -2.32. The van der Waals surface area contributed by atoms with Crippen LogP contribution in [0.1, 0.15) is 53.0 Å². The zero-order valence-corrected chi connectivity index (χ0v) is 20.9.